The van der Waals surface area contributed by atoms with Crippen LogP contribution in [0.4, 0.5) is 11.4 Å². The summed E-state index contributed by atoms with van der Waals surface area (Å²) in [7, 11) is 1.81. The first kappa shape index (κ1) is 17.7. The Hall–Kier alpha value is -3.14. The number of carbonyl (C=O) groups is 1. The van der Waals surface area contributed by atoms with Crippen LogP contribution >= 0.6 is 11.8 Å². The largest absolute Gasteiger partial charge is 0.461 e. The molecular weight excluding hydrogens is 358 g/mol. The zero-order chi connectivity index (χ0) is 18.5. The van der Waals surface area contributed by atoms with Gasteiger partial charge in [0, 0.05) is 25.3 Å². The van der Waals surface area contributed by atoms with E-state index in [0.717, 1.165) is 0 Å². The van der Waals surface area contributed by atoms with Crippen molar-refractivity contribution < 1.29 is 14.1 Å². The molecule has 0 atom stereocenters. The Labute approximate surface area is 152 Å². The summed E-state index contributed by atoms with van der Waals surface area (Å²) in [6.45, 7) is 0. The molecule has 10 heteroatoms. The van der Waals surface area contributed by atoms with E-state index in [2.05, 4.69) is 15.5 Å². The maximum Gasteiger partial charge on any atom is 0.292 e. The molecule has 0 bridgehead atoms. The molecule has 0 aliphatic heterocycles. The van der Waals surface area contributed by atoms with Crippen molar-refractivity contribution in [1.82, 2.24) is 14.8 Å². The lowest BCUT2D eigenvalue weighted by atomic mass is 10.2. The van der Waals surface area contributed by atoms with Crippen LogP contribution in [-0.4, -0.2) is 31.3 Å². The average Bonchev–Trinajstić information content (AvgIpc) is 3.25. The highest BCUT2D eigenvalue weighted by Crippen LogP contribution is 2.25. The highest BCUT2D eigenvalue weighted by molar-refractivity contribution is 7.99. The normalized spacial score (nSPS) is 10.7. The molecule has 0 spiro atoms. The number of rotatable bonds is 7. The number of nitro groups is 1. The van der Waals surface area contributed by atoms with E-state index >= 15 is 0 Å². The van der Waals surface area contributed by atoms with Gasteiger partial charge < -0.3 is 14.3 Å². The topological polar surface area (TPSA) is 116 Å². The minimum atomic E-state index is -0.528. The van der Waals surface area contributed by atoms with Gasteiger partial charge in [0.1, 0.15) is 5.69 Å². The monoisotopic (exact) mass is 373 g/mol. The van der Waals surface area contributed by atoms with Crippen molar-refractivity contribution in [1.29, 1.82) is 0 Å². The second-order valence-corrected chi connectivity index (χ2v) is 6.33. The van der Waals surface area contributed by atoms with Crippen LogP contribution in [0.2, 0.25) is 0 Å². The summed E-state index contributed by atoms with van der Waals surface area (Å²) in [6.07, 6.45) is 1.74. The number of nitro benzene ring substituents is 1. The number of carbonyl (C=O) groups excluding carboxylic acids is 1. The summed E-state index contributed by atoms with van der Waals surface area (Å²) < 4.78 is 7.08. The summed E-state index contributed by atoms with van der Waals surface area (Å²) in [5.74, 6) is 1.36. The van der Waals surface area contributed by atoms with Gasteiger partial charge in [0.25, 0.3) is 5.69 Å². The minimum absolute atomic E-state index is 0.134. The summed E-state index contributed by atoms with van der Waals surface area (Å²) in [6, 6.07) is 9.59. The lowest BCUT2D eigenvalue weighted by molar-refractivity contribution is -0.383. The van der Waals surface area contributed by atoms with E-state index in [1.807, 2.05) is 7.05 Å². The number of thioether (sulfide) groups is 1. The van der Waals surface area contributed by atoms with Crippen LogP contribution in [0.25, 0.3) is 11.6 Å². The van der Waals surface area contributed by atoms with Crippen LogP contribution in [0.15, 0.2) is 52.2 Å². The highest BCUT2D eigenvalue weighted by Gasteiger charge is 2.16. The number of anilines is 1. The van der Waals surface area contributed by atoms with Crippen molar-refractivity contribution in [2.75, 3.05) is 11.1 Å². The molecule has 0 fully saturated rings. The van der Waals surface area contributed by atoms with E-state index in [-0.39, 0.29) is 23.7 Å². The Morgan fingerprint density at radius 3 is 2.85 bits per heavy atom. The molecular formula is C16H15N5O4S. The van der Waals surface area contributed by atoms with Crippen molar-refractivity contribution in [3.63, 3.8) is 0 Å². The van der Waals surface area contributed by atoms with Gasteiger partial charge in [-0.15, -0.1) is 10.2 Å². The fourth-order valence-corrected chi connectivity index (χ4v) is 3.10. The average molecular weight is 373 g/mol. The molecule has 3 aromatic rings. The van der Waals surface area contributed by atoms with Crippen molar-refractivity contribution in [3.8, 4) is 11.6 Å². The second kappa shape index (κ2) is 7.83. The lowest BCUT2D eigenvalue weighted by Crippen LogP contribution is -2.13. The van der Waals surface area contributed by atoms with Gasteiger partial charge in [0.15, 0.2) is 16.7 Å². The van der Waals surface area contributed by atoms with Crippen molar-refractivity contribution in [2.24, 2.45) is 7.05 Å². The Balaban J connectivity index is 1.56. The fourth-order valence-electron chi connectivity index (χ4n) is 2.25. The lowest BCUT2D eigenvalue weighted by Gasteiger charge is -2.06. The maximum atomic E-state index is 12.0. The van der Waals surface area contributed by atoms with Gasteiger partial charge in [-0.1, -0.05) is 23.9 Å². The molecule has 0 radical (unpaired) electrons. The van der Waals surface area contributed by atoms with Crippen LogP contribution < -0.4 is 5.32 Å². The predicted octanol–water partition coefficient (Wildman–Crippen LogP) is 3.10. The Morgan fingerprint density at radius 1 is 1.31 bits per heavy atom. The molecule has 2 heterocycles. The van der Waals surface area contributed by atoms with Crippen LogP contribution in [0.3, 0.4) is 0 Å². The third-order valence-electron chi connectivity index (χ3n) is 3.51. The summed E-state index contributed by atoms with van der Waals surface area (Å²) >= 11 is 1.37. The Morgan fingerprint density at radius 2 is 2.12 bits per heavy atom. The fraction of sp³-hybridized carbons (Fsp3) is 0.188. The van der Waals surface area contributed by atoms with E-state index in [0.29, 0.717) is 22.5 Å². The quantitative estimate of drug-likeness (QED) is 0.384. The summed E-state index contributed by atoms with van der Waals surface area (Å²) in [5, 5.41) is 22.3. The van der Waals surface area contributed by atoms with Gasteiger partial charge in [-0.05, 0) is 18.2 Å². The molecule has 26 heavy (non-hydrogen) atoms. The summed E-state index contributed by atoms with van der Waals surface area (Å²) in [4.78, 5) is 22.5. The van der Waals surface area contributed by atoms with Crippen LogP contribution in [0.5, 0.6) is 0 Å². The Kier molecular flexibility index (Phi) is 5.32. The molecule has 0 saturated carbocycles. The number of hydrogen-bond acceptors (Lipinski definition) is 7. The van der Waals surface area contributed by atoms with Crippen molar-refractivity contribution in [2.45, 2.75) is 11.6 Å². The Bertz CT molecular complexity index is 923. The maximum absolute atomic E-state index is 12.0. The van der Waals surface area contributed by atoms with E-state index < -0.39 is 4.92 Å². The zero-order valence-corrected chi connectivity index (χ0v) is 14.6. The zero-order valence-electron chi connectivity index (χ0n) is 13.8. The molecule has 1 N–H and O–H groups in total. The van der Waals surface area contributed by atoms with Crippen LogP contribution in [-0.2, 0) is 11.8 Å². The number of hydrogen-bond donors (Lipinski definition) is 1. The van der Waals surface area contributed by atoms with E-state index in [9.17, 15) is 14.9 Å². The molecule has 9 nitrogen and oxygen atoms in total. The molecule has 3 rings (SSSR count). The van der Waals surface area contributed by atoms with Gasteiger partial charge in [0.05, 0.1) is 11.2 Å². The predicted molar refractivity (Wildman–Crippen MR) is 95.8 cm³/mol. The first-order valence-corrected chi connectivity index (χ1v) is 8.64. The summed E-state index contributed by atoms with van der Waals surface area (Å²) in [5.41, 5.74) is 0.0520. The number of benzene rings is 1. The smallest absolute Gasteiger partial charge is 0.292 e. The molecule has 0 unspecified atom stereocenters. The standard InChI is InChI=1S/C16H15N5O4S/c1-20-15(13-7-4-9-25-13)18-19-16(20)26-10-8-14(22)17-11-5-2-3-6-12(11)21(23)24/h2-7,9H,8,10H2,1H3,(H,17,22). The highest BCUT2D eigenvalue weighted by atomic mass is 32.2. The number of nitrogens with one attached hydrogen (secondary N) is 1. The third-order valence-corrected chi connectivity index (χ3v) is 4.53. The van der Waals surface area contributed by atoms with E-state index in [1.54, 1.807) is 35.1 Å². The second-order valence-electron chi connectivity index (χ2n) is 5.26. The van der Waals surface area contributed by atoms with Gasteiger partial charge in [-0.2, -0.15) is 0 Å². The first-order chi connectivity index (χ1) is 12.6. The number of para-hydroxylation sites is 2. The van der Waals surface area contributed by atoms with Gasteiger partial charge >= 0.3 is 0 Å². The van der Waals surface area contributed by atoms with Crippen molar-refractivity contribution in [3.05, 3.63) is 52.8 Å². The first-order valence-electron chi connectivity index (χ1n) is 7.65. The van der Waals surface area contributed by atoms with E-state index in [4.69, 9.17) is 4.42 Å². The molecule has 2 aromatic heterocycles. The van der Waals surface area contributed by atoms with Gasteiger partial charge in [-0.3, -0.25) is 14.9 Å². The molecule has 134 valence electrons. The van der Waals surface area contributed by atoms with E-state index in [1.165, 1.54) is 23.9 Å². The SMILES string of the molecule is Cn1c(SCCC(=O)Nc2ccccc2[N+](=O)[O-])nnc1-c1ccco1. The van der Waals surface area contributed by atoms with Crippen LogP contribution in [0, 0.1) is 10.1 Å². The third kappa shape index (κ3) is 3.91. The van der Waals surface area contributed by atoms with Crippen molar-refractivity contribution >= 4 is 29.0 Å². The molecule has 0 saturated heterocycles. The number of furan rings is 1. The number of amides is 1. The van der Waals surface area contributed by atoms with Crippen LogP contribution in [0.1, 0.15) is 6.42 Å². The number of nitrogens with zero attached hydrogens (tertiary/aromatic N) is 4. The molecule has 0 aliphatic carbocycles. The van der Waals surface area contributed by atoms with Gasteiger partial charge in [0.2, 0.25) is 5.91 Å². The molecule has 1 amide bonds. The molecule has 0 aliphatic rings. The molecule has 1 aromatic carbocycles. The van der Waals surface area contributed by atoms with Gasteiger partial charge in [-0.25, -0.2) is 0 Å². The number of aromatic nitrogens is 3. The minimum Gasteiger partial charge on any atom is -0.461 e.